The second-order valence-corrected chi connectivity index (χ2v) is 8.03. The molecule has 10 nitrogen and oxygen atoms in total. The van der Waals surface area contributed by atoms with Crippen LogP contribution in [0.1, 0.15) is 0 Å². The average Bonchev–Trinajstić information content (AvgIpc) is 3.28. The first-order chi connectivity index (χ1) is 17.4. The first kappa shape index (κ1) is 24.6. The molecule has 0 bridgehead atoms. The van der Waals surface area contributed by atoms with Gasteiger partial charge in [0.15, 0.2) is 5.82 Å². The molecule has 0 unspecified atom stereocenters. The highest BCUT2D eigenvalue weighted by atomic mass is 19.1. The summed E-state index contributed by atoms with van der Waals surface area (Å²) in [6, 6.07) is 9.45. The van der Waals surface area contributed by atoms with Gasteiger partial charge in [-0.15, -0.1) is 5.10 Å². The Labute approximate surface area is 207 Å². The third-order valence-corrected chi connectivity index (χ3v) is 5.15. The molecule has 2 aromatic heterocycles. The van der Waals surface area contributed by atoms with E-state index in [2.05, 4.69) is 32.3 Å². The van der Waals surface area contributed by atoms with Gasteiger partial charge in [0, 0.05) is 18.2 Å². The zero-order valence-electron chi connectivity index (χ0n) is 20.2. The lowest BCUT2D eigenvalue weighted by atomic mass is 10.2. The second-order valence-electron chi connectivity index (χ2n) is 8.03. The average molecular weight is 492 g/mol. The van der Waals surface area contributed by atoms with Crippen LogP contribution in [-0.2, 0) is 4.79 Å². The summed E-state index contributed by atoms with van der Waals surface area (Å²) in [4.78, 5) is 22.7. The minimum Gasteiger partial charge on any atom is -0.494 e. The Balaban J connectivity index is 1.69. The molecule has 11 heteroatoms. The molecule has 0 aliphatic heterocycles. The summed E-state index contributed by atoms with van der Waals surface area (Å²) in [5.41, 5.74) is 2.12. The summed E-state index contributed by atoms with van der Waals surface area (Å²) in [6.07, 6.45) is 4.37. The van der Waals surface area contributed by atoms with Gasteiger partial charge in [0.1, 0.15) is 29.4 Å². The van der Waals surface area contributed by atoms with Crippen molar-refractivity contribution in [2.45, 2.75) is 0 Å². The topological polar surface area (TPSA) is 106 Å². The summed E-state index contributed by atoms with van der Waals surface area (Å²) >= 11 is 0. The van der Waals surface area contributed by atoms with Gasteiger partial charge in [-0.25, -0.2) is 18.9 Å². The number of nitrogens with zero attached hydrogens (tertiary/aromatic N) is 5. The number of nitrogens with one attached hydrogen (secondary N) is 2. The lowest BCUT2D eigenvalue weighted by molar-refractivity contribution is -0.111. The molecular weight excluding hydrogens is 465 g/mol. The highest BCUT2D eigenvalue weighted by molar-refractivity contribution is 6.00. The van der Waals surface area contributed by atoms with Gasteiger partial charge in [-0.1, -0.05) is 18.7 Å². The van der Waals surface area contributed by atoms with Gasteiger partial charge in [-0.2, -0.15) is 0 Å². The molecule has 2 heterocycles. The Kier molecular flexibility index (Phi) is 7.40. The monoisotopic (exact) mass is 491 g/mol. The van der Waals surface area contributed by atoms with Gasteiger partial charge in [0.2, 0.25) is 11.9 Å². The Bertz CT molecular complexity index is 1400. The lowest BCUT2D eigenvalue weighted by Crippen LogP contribution is -2.20. The van der Waals surface area contributed by atoms with Crippen molar-refractivity contribution in [3.63, 3.8) is 0 Å². The number of amides is 1. The van der Waals surface area contributed by atoms with Crippen LogP contribution < -0.4 is 20.1 Å². The van der Waals surface area contributed by atoms with Crippen molar-refractivity contribution in [1.82, 2.24) is 24.5 Å². The first-order valence-corrected chi connectivity index (χ1v) is 11.0. The molecule has 0 aliphatic carbocycles. The van der Waals surface area contributed by atoms with Crippen LogP contribution in [0, 0.1) is 5.82 Å². The Morgan fingerprint density at radius 1 is 1.17 bits per heavy atom. The van der Waals surface area contributed by atoms with Crippen molar-refractivity contribution in [1.29, 1.82) is 0 Å². The van der Waals surface area contributed by atoms with E-state index in [1.165, 1.54) is 25.3 Å². The van der Waals surface area contributed by atoms with Gasteiger partial charge in [-0.05, 0) is 38.4 Å². The second kappa shape index (κ2) is 10.8. The number of fused-ring (bicyclic) bond motifs is 1. The molecule has 4 rings (SSSR count). The summed E-state index contributed by atoms with van der Waals surface area (Å²) in [5.74, 6) is 0.826. The molecule has 2 N–H and O–H groups in total. The number of imidazole rings is 1. The summed E-state index contributed by atoms with van der Waals surface area (Å²) in [5, 5.41) is 10.4. The van der Waals surface area contributed by atoms with Crippen molar-refractivity contribution in [3.8, 4) is 22.9 Å². The molecular formula is C25H26FN7O3. The van der Waals surface area contributed by atoms with E-state index in [9.17, 15) is 9.18 Å². The number of likely N-dealkylation sites (N-methyl/N-ethyl adjacent to an activating group) is 1. The van der Waals surface area contributed by atoms with E-state index in [1.54, 1.807) is 41.2 Å². The van der Waals surface area contributed by atoms with E-state index in [4.69, 9.17) is 9.47 Å². The van der Waals surface area contributed by atoms with E-state index in [-0.39, 0.29) is 17.7 Å². The highest BCUT2D eigenvalue weighted by Crippen LogP contribution is 2.37. The molecule has 1 amide bonds. The minimum atomic E-state index is -0.389. The summed E-state index contributed by atoms with van der Waals surface area (Å²) < 4.78 is 26.8. The SMILES string of the molecule is C=CC(=O)Nc1cc(Nc2ncc3cnc(-c4cccc(F)c4)n3n2)c(OC)cc1OCCN(C)C. The number of aromatic nitrogens is 4. The number of benzene rings is 2. The molecule has 36 heavy (non-hydrogen) atoms. The fraction of sp³-hybridized carbons (Fsp3) is 0.200. The molecule has 0 aliphatic rings. The fourth-order valence-corrected chi connectivity index (χ4v) is 3.37. The van der Waals surface area contributed by atoms with Crippen LogP contribution in [0.2, 0.25) is 0 Å². The number of hydrogen-bond donors (Lipinski definition) is 2. The normalized spacial score (nSPS) is 10.9. The highest BCUT2D eigenvalue weighted by Gasteiger charge is 2.16. The van der Waals surface area contributed by atoms with E-state index >= 15 is 0 Å². The maximum Gasteiger partial charge on any atom is 0.247 e. The van der Waals surface area contributed by atoms with Crippen LogP contribution in [0.4, 0.5) is 21.7 Å². The van der Waals surface area contributed by atoms with Gasteiger partial charge < -0.3 is 25.0 Å². The third kappa shape index (κ3) is 5.58. The van der Waals surface area contributed by atoms with Gasteiger partial charge >= 0.3 is 0 Å². The Hall–Kier alpha value is -4.51. The van der Waals surface area contributed by atoms with Crippen LogP contribution >= 0.6 is 0 Å². The van der Waals surface area contributed by atoms with Crippen molar-refractivity contribution >= 4 is 28.7 Å². The van der Waals surface area contributed by atoms with E-state index < -0.39 is 0 Å². The van der Waals surface area contributed by atoms with Crippen molar-refractivity contribution in [2.75, 3.05) is 45.0 Å². The van der Waals surface area contributed by atoms with Crippen molar-refractivity contribution < 1.29 is 18.7 Å². The lowest BCUT2D eigenvalue weighted by Gasteiger charge is -2.18. The number of rotatable bonds is 10. The summed E-state index contributed by atoms with van der Waals surface area (Å²) in [6.45, 7) is 4.60. The number of carbonyl (C=O) groups is 1. The predicted molar refractivity (Wildman–Crippen MR) is 135 cm³/mol. The molecule has 2 aromatic carbocycles. The molecule has 0 fully saturated rings. The molecule has 186 valence electrons. The Morgan fingerprint density at radius 3 is 2.69 bits per heavy atom. The number of methoxy groups -OCH3 is 1. The van der Waals surface area contributed by atoms with Crippen LogP contribution in [0.5, 0.6) is 11.5 Å². The van der Waals surface area contributed by atoms with Crippen molar-refractivity contribution in [3.05, 3.63) is 67.3 Å². The maximum atomic E-state index is 13.8. The van der Waals surface area contributed by atoms with Gasteiger partial charge in [0.25, 0.3) is 0 Å². The van der Waals surface area contributed by atoms with E-state index in [0.29, 0.717) is 52.9 Å². The van der Waals surface area contributed by atoms with Crippen LogP contribution in [0.3, 0.4) is 0 Å². The van der Waals surface area contributed by atoms with Crippen LogP contribution in [0.25, 0.3) is 16.9 Å². The van der Waals surface area contributed by atoms with Gasteiger partial charge in [0.05, 0.1) is 30.9 Å². The standard InChI is InChI=1S/C25H26FN7O3/c1-5-23(34)29-20-12-19(21(35-4)13-22(20)36-10-9-32(2)3)30-25-28-15-18-14-27-24(33(18)31-25)16-7-6-8-17(26)11-16/h5-8,11-15H,1,9-10H2,2-4H3,(H,29,34)(H,30,31). The summed E-state index contributed by atoms with van der Waals surface area (Å²) in [7, 11) is 5.40. The molecule has 0 saturated heterocycles. The van der Waals surface area contributed by atoms with Crippen LogP contribution in [0.15, 0.2) is 61.4 Å². The minimum absolute atomic E-state index is 0.235. The Morgan fingerprint density at radius 2 is 1.97 bits per heavy atom. The number of hydrogen-bond acceptors (Lipinski definition) is 8. The predicted octanol–water partition coefficient (Wildman–Crippen LogP) is 3.75. The smallest absolute Gasteiger partial charge is 0.247 e. The molecule has 0 spiro atoms. The van der Waals surface area contributed by atoms with Crippen molar-refractivity contribution in [2.24, 2.45) is 0 Å². The van der Waals surface area contributed by atoms with E-state index in [0.717, 1.165) is 0 Å². The quantitative estimate of drug-likeness (QED) is 0.323. The number of anilines is 3. The molecule has 0 radical (unpaired) electrons. The molecule has 4 aromatic rings. The zero-order chi connectivity index (χ0) is 25.7. The van der Waals surface area contributed by atoms with E-state index in [1.807, 2.05) is 19.0 Å². The van der Waals surface area contributed by atoms with Gasteiger partial charge in [-0.3, -0.25) is 4.79 Å². The molecule has 0 atom stereocenters. The van der Waals surface area contributed by atoms with Crippen LogP contribution in [-0.4, -0.2) is 64.7 Å². The zero-order valence-corrected chi connectivity index (χ0v) is 20.2. The fourth-order valence-electron chi connectivity index (χ4n) is 3.37. The maximum absolute atomic E-state index is 13.8. The number of halogens is 1. The first-order valence-electron chi connectivity index (χ1n) is 11.0. The number of carbonyl (C=O) groups excluding carboxylic acids is 1. The largest absolute Gasteiger partial charge is 0.494 e. The molecule has 0 saturated carbocycles. The number of ether oxygens (including phenoxy) is 2. The third-order valence-electron chi connectivity index (χ3n) is 5.15.